The standard InChI is InChI=1S/C10H21NO2/c1-9(2)7-6-8-10(3,4)11(9)13-12-5/h6-8H2,1-5H3. The van der Waals surface area contributed by atoms with E-state index in [1.165, 1.54) is 6.42 Å². The molecule has 0 aromatic carbocycles. The fourth-order valence-electron chi connectivity index (χ4n) is 2.25. The van der Waals surface area contributed by atoms with E-state index in [9.17, 15) is 0 Å². The lowest BCUT2D eigenvalue weighted by molar-refractivity contribution is -0.464. The minimum Gasteiger partial charge on any atom is -0.221 e. The van der Waals surface area contributed by atoms with Gasteiger partial charge in [-0.2, -0.15) is 0 Å². The van der Waals surface area contributed by atoms with Crippen molar-refractivity contribution in [2.24, 2.45) is 0 Å². The molecule has 0 aromatic rings. The second-order valence-electron chi connectivity index (χ2n) is 5.01. The van der Waals surface area contributed by atoms with E-state index >= 15 is 0 Å². The van der Waals surface area contributed by atoms with Crippen LogP contribution < -0.4 is 0 Å². The summed E-state index contributed by atoms with van der Waals surface area (Å²) in [5.74, 6) is 0. The maximum Gasteiger partial charge on any atom is 0.0733 e. The first-order chi connectivity index (χ1) is 5.90. The van der Waals surface area contributed by atoms with Crippen LogP contribution in [0.15, 0.2) is 0 Å². The monoisotopic (exact) mass is 187 g/mol. The van der Waals surface area contributed by atoms with Gasteiger partial charge in [0, 0.05) is 11.1 Å². The summed E-state index contributed by atoms with van der Waals surface area (Å²) in [4.78, 5) is 10.0. The van der Waals surface area contributed by atoms with Crippen LogP contribution in [-0.4, -0.2) is 23.3 Å². The molecule has 1 rings (SSSR count). The first-order valence-electron chi connectivity index (χ1n) is 4.91. The number of hydroxylamine groups is 2. The average molecular weight is 187 g/mol. The molecule has 0 radical (unpaired) electrons. The van der Waals surface area contributed by atoms with E-state index in [2.05, 4.69) is 27.7 Å². The molecule has 1 heterocycles. The summed E-state index contributed by atoms with van der Waals surface area (Å²) in [7, 11) is 1.56. The van der Waals surface area contributed by atoms with Crippen LogP contribution in [0.5, 0.6) is 0 Å². The Morgan fingerprint density at radius 2 is 1.46 bits per heavy atom. The largest absolute Gasteiger partial charge is 0.221 e. The highest BCUT2D eigenvalue weighted by Gasteiger charge is 2.43. The molecule has 0 aliphatic carbocycles. The highest BCUT2D eigenvalue weighted by molar-refractivity contribution is 4.92. The first kappa shape index (κ1) is 11.0. The van der Waals surface area contributed by atoms with Crippen LogP contribution in [0.25, 0.3) is 0 Å². The van der Waals surface area contributed by atoms with Crippen LogP contribution in [0.3, 0.4) is 0 Å². The maximum atomic E-state index is 5.25. The average Bonchev–Trinajstić information content (AvgIpc) is 1.96. The van der Waals surface area contributed by atoms with E-state index in [0.29, 0.717) is 0 Å². The molecule has 0 atom stereocenters. The van der Waals surface area contributed by atoms with Gasteiger partial charge in [0.25, 0.3) is 0 Å². The van der Waals surface area contributed by atoms with Gasteiger partial charge in [-0.05, 0) is 47.0 Å². The Balaban J connectivity index is 2.78. The van der Waals surface area contributed by atoms with Crippen molar-refractivity contribution in [2.75, 3.05) is 7.11 Å². The highest BCUT2D eigenvalue weighted by atomic mass is 17.3. The normalized spacial score (nSPS) is 27.5. The van der Waals surface area contributed by atoms with E-state index in [-0.39, 0.29) is 11.1 Å². The lowest BCUT2D eigenvalue weighted by Crippen LogP contribution is -2.58. The Morgan fingerprint density at radius 1 is 1.00 bits per heavy atom. The number of rotatable bonds is 2. The summed E-state index contributed by atoms with van der Waals surface area (Å²) in [6.07, 6.45) is 3.56. The van der Waals surface area contributed by atoms with Crippen LogP contribution in [0, 0.1) is 0 Å². The zero-order chi connectivity index (χ0) is 10.1. The summed E-state index contributed by atoms with van der Waals surface area (Å²) in [5.41, 5.74) is 0.134. The Kier molecular flexibility index (Phi) is 3.00. The van der Waals surface area contributed by atoms with Gasteiger partial charge >= 0.3 is 0 Å². The van der Waals surface area contributed by atoms with Crippen LogP contribution in [0.4, 0.5) is 0 Å². The van der Waals surface area contributed by atoms with Crippen molar-refractivity contribution >= 4 is 0 Å². The van der Waals surface area contributed by atoms with Gasteiger partial charge in [-0.3, -0.25) is 0 Å². The minimum atomic E-state index is 0.0672. The predicted molar refractivity (Wildman–Crippen MR) is 51.9 cm³/mol. The van der Waals surface area contributed by atoms with Gasteiger partial charge in [-0.1, -0.05) is 0 Å². The van der Waals surface area contributed by atoms with Gasteiger partial charge in [0.2, 0.25) is 0 Å². The Hall–Kier alpha value is -0.120. The van der Waals surface area contributed by atoms with Gasteiger partial charge in [0.05, 0.1) is 7.11 Å². The molecule has 1 fully saturated rings. The third-order valence-corrected chi connectivity index (χ3v) is 2.83. The molecule has 13 heavy (non-hydrogen) atoms. The topological polar surface area (TPSA) is 21.7 Å². The number of piperidine rings is 1. The van der Waals surface area contributed by atoms with Crippen molar-refractivity contribution in [3.05, 3.63) is 0 Å². The van der Waals surface area contributed by atoms with Crippen molar-refractivity contribution in [1.29, 1.82) is 0 Å². The zero-order valence-electron chi connectivity index (χ0n) is 9.39. The molecule has 0 spiro atoms. The zero-order valence-corrected chi connectivity index (χ0v) is 9.39. The van der Waals surface area contributed by atoms with Crippen molar-refractivity contribution in [3.63, 3.8) is 0 Å². The van der Waals surface area contributed by atoms with Crippen LogP contribution >= 0.6 is 0 Å². The minimum absolute atomic E-state index is 0.0672. The summed E-state index contributed by atoms with van der Waals surface area (Å²) in [5, 5.41) is 1.98. The molecule has 3 heteroatoms. The molecule has 1 aliphatic rings. The van der Waals surface area contributed by atoms with E-state index in [4.69, 9.17) is 9.88 Å². The fraction of sp³-hybridized carbons (Fsp3) is 1.00. The third kappa shape index (κ3) is 2.22. The van der Waals surface area contributed by atoms with E-state index in [0.717, 1.165) is 12.8 Å². The van der Waals surface area contributed by atoms with Gasteiger partial charge in [0.1, 0.15) is 0 Å². The molecule has 1 saturated heterocycles. The number of hydrogen-bond acceptors (Lipinski definition) is 3. The maximum absolute atomic E-state index is 5.25. The Morgan fingerprint density at radius 3 is 1.85 bits per heavy atom. The molecular weight excluding hydrogens is 166 g/mol. The van der Waals surface area contributed by atoms with Gasteiger partial charge < -0.3 is 0 Å². The third-order valence-electron chi connectivity index (χ3n) is 2.83. The van der Waals surface area contributed by atoms with Crippen molar-refractivity contribution < 1.29 is 9.88 Å². The van der Waals surface area contributed by atoms with Gasteiger partial charge in [-0.15, -0.1) is 10.1 Å². The van der Waals surface area contributed by atoms with Gasteiger partial charge in [-0.25, -0.2) is 4.89 Å². The molecule has 0 aromatic heterocycles. The van der Waals surface area contributed by atoms with E-state index in [1.54, 1.807) is 7.11 Å². The lowest BCUT2D eigenvalue weighted by atomic mass is 9.82. The van der Waals surface area contributed by atoms with E-state index < -0.39 is 0 Å². The molecular formula is C10H21NO2. The molecule has 78 valence electrons. The fourth-order valence-corrected chi connectivity index (χ4v) is 2.25. The second kappa shape index (κ2) is 3.56. The van der Waals surface area contributed by atoms with Crippen LogP contribution in [-0.2, 0) is 9.88 Å². The molecule has 0 amide bonds. The summed E-state index contributed by atoms with van der Waals surface area (Å²) in [6.45, 7) is 8.75. The summed E-state index contributed by atoms with van der Waals surface area (Å²) < 4.78 is 0. The van der Waals surface area contributed by atoms with Crippen molar-refractivity contribution in [3.8, 4) is 0 Å². The summed E-state index contributed by atoms with van der Waals surface area (Å²) >= 11 is 0. The molecule has 0 unspecified atom stereocenters. The first-order valence-corrected chi connectivity index (χ1v) is 4.91. The summed E-state index contributed by atoms with van der Waals surface area (Å²) in [6, 6.07) is 0. The molecule has 3 nitrogen and oxygen atoms in total. The number of nitrogens with zero attached hydrogens (tertiary/aromatic N) is 1. The molecule has 0 N–H and O–H groups in total. The van der Waals surface area contributed by atoms with E-state index in [1.807, 2.05) is 5.06 Å². The Labute approximate surface area is 80.9 Å². The SMILES string of the molecule is COON1C(C)(C)CCCC1(C)C. The molecule has 0 saturated carbocycles. The highest BCUT2D eigenvalue weighted by Crippen LogP contribution is 2.38. The number of hydrogen-bond donors (Lipinski definition) is 0. The lowest BCUT2D eigenvalue weighted by Gasteiger charge is -2.49. The molecule has 0 bridgehead atoms. The Bertz CT molecular complexity index is 162. The predicted octanol–water partition coefficient (Wildman–Crippen LogP) is 2.52. The van der Waals surface area contributed by atoms with Crippen molar-refractivity contribution in [1.82, 2.24) is 5.06 Å². The van der Waals surface area contributed by atoms with Crippen LogP contribution in [0.2, 0.25) is 0 Å². The van der Waals surface area contributed by atoms with Gasteiger partial charge in [0.15, 0.2) is 0 Å². The second-order valence-corrected chi connectivity index (χ2v) is 5.01. The smallest absolute Gasteiger partial charge is 0.0733 e. The molecule has 1 aliphatic heterocycles. The quantitative estimate of drug-likeness (QED) is 0.490. The van der Waals surface area contributed by atoms with Crippen LogP contribution in [0.1, 0.15) is 47.0 Å². The van der Waals surface area contributed by atoms with Crippen molar-refractivity contribution in [2.45, 2.75) is 58.0 Å².